The number of unbranched alkanes of at least 4 members (excludes halogenated alkanes) is 1. The van der Waals surface area contributed by atoms with E-state index in [1.165, 1.54) is 29.8 Å². The number of aryl methyl sites for hydroxylation is 1. The first-order chi connectivity index (χ1) is 14.2. The molecule has 0 spiro atoms. The average molecular weight is 402 g/mol. The Morgan fingerprint density at radius 2 is 1.79 bits per heavy atom. The first-order valence-corrected chi connectivity index (χ1v) is 11.3. The number of hydrogen-bond acceptors (Lipinski definition) is 4. The number of nitrogens with zero attached hydrogens (tertiary/aromatic N) is 4. The van der Waals surface area contributed by atoms with Crippen LogP contribution in [0.15, 0.2) is 23.2 Å². The molecule has 3 rings (SSSR count). The molecule has 2 saturated heterocycles. The predicted octanol–water partition coefficient (Wildman–Crippen LogP) is 2.50. The Morgan fingerprint density at radius 1 is 1.03 bits per heavy atom. The van der Waals surface area contributed by atoms with Crippen LogP contribution in [0.2, 0.25) is 0 Å². The summed E-state index contributed by atoms with van der Waals surface area (Å²) in [5, 5.41) is 3.50. The van der Waals surface area contributed by atoms with Crippen LogP contribution in [-0.4, -0.2) is 87.9 Å². The van der Waals surface area contributed by atoms with Gasteiger partial charge in [-0.15, -0.1) is 0 Å². The van der Waals surface area contributed by atoms with Crippen LogP contribution in [-0.2, 0) is 4.74 Å². The molecule has 0 saturated carbocycles. The van der Waals surface area contributed by atoms with Gasteiger partial charge < -0.3 is 19.9 Å². The maximum atomic E-state index is 5.42. The number of aliphatic imine (C=N–C) groups is 1. The molecule has 0 amide bonds. The van der Waals surface area contributed by atoms with E-state index < -0.39 is 0 Å². The predicted molar refractivity (Wildman–Crippen MR) is 122 cm³/mol. The second-order valence-corrected chi connectivity index (χ2v) is 8.09. The zero-order chi connectivity index (χ0) is 20.5. The lowest BCUT2D eigenvalue weighted by Crippen LogP contribution is -2.52. The van der Waals surface area contributed by atoms with Crippen molar-refractivity contribution in [1.29, 1.82) is 0 Å². The highest BCUT2D eigenvalue weighted by Crippen LogP contribution is 2.23. The van der Waals surface area contributed by atoms with E-state index in [1.807, 2.05) is 0 Å². The van der Waals surface area contributed by atoms with E-state index in [1.54, 1.807) is 0 Å². The van der Waals surface area contributed by atoms with E-state index in [0.717, 1.165) is 78.0 Å². The Labute approximate surface area is 176 Å². The number of benzene rings is 1. The van der Waals surface area contributed by atoms with Crippen molar-refractivity contribution in [2.45, 2.75) is 33.6 Å². The van der Waals surface area contributed by atoms with Crippen LogP contribution < -0.4 is 10.2 Å². The van der Waals surface area contributed by atoms with Crippen molar-refractivity contribution >= 4 is 11.6 Å². The van der Waals surface area contributed by atoms with E-state index in [2.05, 4.69) is 59.0 Å². The van der Waals surface area contributed by atoms with Crippen LogP contribution in [0.5, 0.6) is 0 Å². The second-order valence-electron chi connectivity index (χ2n) is 8.09. The first-order valence-electron chi connectivity index (χ1n) is 11.3. The number of hydrogen-bond donors (Lipinski definition) is 1. The van der Waals surface area contributed by atoms with Gasteiger partial charge in [-0.2, -0.15) is 0 Å². The summed E-state index contributed by atoms with van der Waals surface area (Å²) in [6, 6.07) is 6.63. The summed E-state index contributed by atoms with van der Waals surface area (Å²) in [5.74, 6) is 1.08. The summed E-state index contributed by atoms with van der Waals surface area (Å²) in [6.45, 7) is 17.7. The molecule has 0 aromatic heterocycles. The topological polar surface area (TPSA) is 43.3 Å². The lowest BCUT2D eigenvalue weighted by Gasteiger charge is -2.38. The zero-order valence-corrected chi connectivity index (χ0v) is 18.6. The summed E-state index contributed by atoms with van der Waals surface area (Å²) in [4.78, 5) is 12.4. The van der Waals surface area contributed by atoms with Crippen molar-refractivity contribution in [3.63, 3.8) is 0 Å². The van der Waals surface area contributed by atoms with Gasteiger partial charge >= 0.3 is 0 Å². The van der Waals surface area contributed by atoms with E-state index in [4.69, 9.17) is 9.73 Å². The molecule has 0 radical (unpaired) electrons. The molecule has 0 unspecified atom stereocenters. The quantitative estimate of drug-likeness (QED) is 0.432. The minimum absolute atomic E-state index is 0.886. The average Bonchev–Trinajstić information content (AvgIpc) is 2.76. The SMILES string of the molecule is CCNC(=NCCCCN1CCOCC1)N1CCN(c2cccc(C)c2C)CC1. The Kier molecular flexibility index (Phi) is 8.62. The smallest absolute Gasteiger partial charge is 0.194 e. The van der Waals surface area contributed by atoms with E-state index in [0.29, 0.717) is 0 Å². The van der Waals surface area contributed by atoms with Gasteiger partial charge in [0.1, 0.15) is 0 Å². The van der Waals surface area contributed by atoms with Crippen molar-refractivity contribution in [3.8, 4) is 0 Å². The summed E-state index contributed by atoms with van der Waals surface area (Å²) in [6.07, 6.45) is 2.36. The highest BCUT2D eigenvalue weighted by molar-refractivity contribution is 5.80. The lowest BCUT2D eigenvalue weighted by atomic mass is 10.1. The van der Waals surface area contributed by atoms with Crippen LogP contribution in [0.4, 0.5) is 5.69 Å². The van der Waals surface area contributed by atoms with Crippen LogP contribution in [0.3, 0.4) is 0 Å². The minimum atomic E-state index is 0.886. The van der Waals surface area contributed by atoms with E-state index in [9.17, 15) is 0 Å². The van der Waals surface area contributed by atoms with Gasteiger partial charge in [-0.05, 0) is 57.4 Å². The highest BCUT2D eigenvalue weighted by atomic mass is 16.5. The summed E-state index contributed by atoms with van der Waals surface area (Å²) in [7, 11) is 0. The van der Waals surface area contributed by atoms with Crippen molar-refractivity contribution in [2.24, 2.45) is 4.99 Å². The molecule has 0 atom stereocenters. The maximum Gasteiger partial charge on any atom is 0.194 e. The summed E-state index contributed by atoms with van der Waals surface area (Å²) in [5.41, 5.74) is 4.16. The number of piperazine rings is 1. The van der Waals surface area contributed by atoms with E-state index in [-0.39, 0.29) is 0 Å². The normalized spacial score (nSPS) is 18.9. The third kappa shape index (κ3) is 6.34. The maximum absolute atomic E-state index is 5.42. The minimum Gasteiger partial charge on any atom is -0.379 e. The van der Waals surface area contributed by atoms with Crippen LogP contribution >= 0.6 is 0 Å². The molecular formula is C23H39N5O. The molecule has 2 fully saturated rings. The molecule has 2 aliphatic rings. The second kappa shape index (κ2) is 11.4. The Hall–Kier alpha value is -1.79. The van der Waals surface area contributed by atoms with Gasteiger partial charge in [-0.1, -0.05) is 12.1 Å². The van der Waals surface area contributed by atoms with Crippen LogP contribution in [0, 0.1) is 13.8 Å². The number of ether oxygens (including phenoxy) is 1. The molecule has 6 nitrogen and oxygen atoms in total. The van der Waals surface area contributed by atoms with Gasteiger partial charge in [-0.25, -0.2) is 0 Å². The van der Waals surface area contributed by atoms with Crippen LogP contribution in [0.1, 0.15) is 30.9 Å². The van der Waals surface area contributed by atoms with E-state index >= 15 is 0 Å². The Morgan fingerprint density at radius 3 is 2.52 bits per heavy atom. The van der Waals surface area contributed by atoms with Crippen molar-refractivity contribution < 1.29 is 4.74 Å². The fourth-order valence-electron chi connectivity index (χ4n) is 4.12. The molecule has 2 heterocycles. The summed E-state index contributed by atoms with van der Waals surface area (Å²) < 4.78 is 5.42. The number of nitrogens with one attached hydrogen (secondary N) is 1. The van der Waals surface area contributed by atoms with Crippen molar-refractivity contribution in [2.75, 3.05) is 77.0 Å². The summed E-state index contributed by atoms with van der Waals surface area (Å²) >= 11 is 0. The van der Waals surface area contributed by atoms with Gasteiger partial charge in [-0.3, -0.25) is 9.89 Å². The molecule has 1 aromatic carbocycles. The molecule has 6 heteroatoms. The largest absolute Gasteiger partial charge is 0.379 e. The fourth-order valence-corrected chi connectivity index (χ4v) is 4.12. The molecule has 1 aromatic rings. The fraction of sp³-hybridized carbons (Fsp3) is 0.696. The lowest BCUT2D eigenvalue weighted by molar-refractivity contribution is 0.0373. The Bertz CT molecular complexity index is 649. The third-order valence-corrected chi connectivity index (χ3v) is 6.08. The zero-order valence-electron chi connectivity index (χ0n) is 18.6. The molecular weight excluding hydrogens is 362 g/mol. The molecule has 162 valence electrons. The highest BCUT2D eigenvalue weighted by Gasteiger charge is 2.21. The van der Waals surface area contributed by atoms with Crippen molar-refractivity contribution in [1.82, 2.24) is 15.1 Å². The van der Waals surface area contributed by atoms with Gasteiger partial charge in [0.15, 0.2) is 5.96 Å². The number of anilines is 1. The molecule has 29 heavy (non-hydrogen) atoms. The van der Waals surface area contributed by atoms with Gasteiger partial charge in [0.25, 0.3) is 0 Å². The molecule has 0 bridgehead atoms. The Balaban J connectivity index is 1.45. The van der Waals surface area contributed by atoms with Gasteiger partial charge in [0.05, 0.1) is 13.2 Å². The van der Waals surface area contributed by atoms with Gasteiger partial charge in [0.2, 0.25) is 0 Å². The third-order valence-electron chi connectivity index (χ3n) is 6.08. The molecule has 1 N–H and O–H groups in total. The number of rotatable bonds is 7. The standard InChI is InChI=1S/C23H39N5O/c1-4-24-23(25-10-5-6-11-26-16-18-29-19-17-26)28-14-12-27(13-15-28)22-9-7-8-20(2)21(22)3/h7-9H,4-6,10-19H2,1-3H3,(H,24,25). The number of morpholine rings is 1. The monoisotopic (exact) mass is 401 g/mol. The molecule has 0 aliphatic carbocycles. The van der Waals surface area contributed by atoms with Crippen molar-refractivity contribution in [3.05, 3.63) is 29.3 Å². The van der Waals surface area contributed by atoms with Crippen LogP contribution in [0.25, 0.3) is 0 Å². The van der Waals surface area contributed by atoms with Gasteiger partial charge in [0, 0.05) is 58.0 Å². The first kappa shape index (κ1) is 21.9. The number of guanidine groups is 1. The molecule has 2 aliphatic heterocycles.